The number of hydrogen-bond donors (Lipinski definition) is 0. The molecular formula is C11H15Zr. The Balaban J connectivity index is 0.000000720. The van der Waals surface area contributed by atoms with Crippen LogP contribution in [0.5, 0.6) is 0 Å². The van der Waals surface area contributed by atoms with E-state index in [0.29, 0.717) is 5.92 Å². The molecule has 0 saturated heterocycles. The van der Waals surface area contributed by atoms with Crippen LogP contribution in [0.2, 0.25) is 0 Å². The first-order valence-corrected chi connectivity index (χ1v) is 4.66. The summed E-state index contributed by atoms with van der Waals surface area (Å²) in [5.41, 5.74) is 0. The van der Waals surface area contributed by atoms with Gasteiger partial charge in [0.05, 0.1) is 0 Å². The summed E-state index contributed by atoms with van der Waals surface area (Å²) in [5.74, 6) is 2.47. The smallest absolute Gasteiger partial charge is 0.00149 e. The number of hydrogen-bond acceptors (Lipinski definition) is 0. The molecule has 0 spiro atoms. The second kappa shape index (κ2) is 5.17. The Kier molecular flexibility index (Phi) is 4.50. The zero-order valence-electron chi connectivity index (χ0n) is 7.42. The van der Waals surface area contributed by atoms with Crippen LogP contribution in [0.15, 0.2) is 24.3 Å². The summed E-state index contributed by atoms with van der Waals surface area (Å²) in [5, 5.41) is 0. The van der Waals surface area contributed by atoms with Crippen LogP contribution < -0.4 is 0 Å². The van der Waals surface area contributed by atoms with E-state index >= 15 is 0 Å². The van der Waals surface area contributed by atoms with Gasteiger partial charge >= 0.3 is 0 Å². The van der Waals surface area contributed by atoms with Gasteiger partial charge < -0.3 is 0 Å². The summed E-state index contributed by atoms with van der Waals surface area (Å²) in [7, 11) is 0. The Morgan fingerprint density at radius 1 is 0.917 bits per heavy atom. The molecule has 0 aliphatic heterocycles. The van der Waals surface area contributed by atoms with Crippen molar-refractivity contribution >= 4 is 0 Å². The molecule has 1 heteroatoms. The van der Waals surface area contributed by atoms with Crippen LogP contribution in [0.4, 0.5) is 0 Å². The van der Waals surface area contributed by atoms with E-state index in [-0.39, 0.29) is 26.2 Å². The topological polar surface area (TPSA) is 0 Å². The molecule has 0 unspecified atom stereocenters. The van der Waals surface area contributed by atoms with Crippen LogP contribution in [-0.2, 0) is 26.2 Å². The molecule has 0 atom stereocenters. The van der Waals surface area contributed by atoms with Crippen molar-refractivity contribution in [2.75, 3.05) is 0 Å². The van der Waals surface area contributed by atoms with E-state index in [1.54, 1.807) is 5.92 Å². The van der Waals surface area contributed by atoms with Gasteiger partial charge in [0, 0.05) is 32.1 Å². The molecule has 0 aromatic rings. The molecule has 1 saturated carbocycles. The minimum absolute atomic E-state index is 0. The molecule has 0 bridgehead atoms. The van der Waals surface area contributed by atoms with Gasteiger partial charge in [-0.3, -0.25) is 0 Å². The van der Waals surface area contributed by atoms with E-state index in [0.717, 1.165) is 0 Å². The van der Waals surface area contributed by atoms with E-state index in [1.807, 2.05) is 0 Å². The Morgan fingerprint density at radius 3 is 2.08 bits per heavy atom. The SMILES string of the molecule is C1=CC([C]2CCCCC2)C=C1.[Zr]. The van der Waals surface area contributed by atoms with Gasteiger partial charge in [-0.1, -0.05) is 43.6 Å². The predicted molar refractivity (Wildman–Crippen MR) is 48.1 cm³/mol. The van der Waals surface area contributed by atoms with Crippen LogP contribution >= 0.6 is 0 Å². The minimum atomic E-state index is 0. The first-order valence-electron chi connectivity index (χ1n) is 4.66. The molecular weight excluding hydrogens is 223 g/mol. The molecule has 0 amide bonds. The summed E-state index contributed by atoms with van der Waals surface area (Å²) >= 11 is 0. The third-order valence-electron chi connectivity index (χ3n) is 2.72. The summed E-state index contributed by atoms with van der Waals surface area (Å²) in [4.78, 5) is 0. The minimum Gasteiger partial charge on any atom is -0.0770 e. The molecule has 2 rings (SSSR count). The van der Waals surface area contributed by atoms with Gasteiger partial charge in [0.2, 0.25) is 0 Å². The number of allylic oxidation sites excluding steroid dienone is 4. The number of rotatable bonds is 1. The fourth-order valence-electron chi connectivity index (χ4n) is 2.04. The first kappa shape index (κ1) is 10.4. The average Bonchev–Trinajstić information content (AvgIpc) is 2.58. The van der Waals surface area contributed by atoms with Crippen LogP contribution in [0.25, 0.3) is 0 Å². The van der Waals surface area contributed by atoms with Gasteiger partial charge in [-0.2, -0.15) is 0 Å². The average molecular weight is 238 g/mol. The van der Waals surface area contributed by atoms with Crippen molar-refractivity contribution in [1.29, 1.82) is 0 Å². The zero-order valence-corrected chi connectivity index (χ0v) is 9.88. The van der Waals surface area contributed by atoms with Gasteiger partial charge in [-0.25, -0.2) is 0 Å². The predicted octanol–water partition coefficient (Wildman–Crippen LogP) is 3.26. The fraction of sp³-hybridized carbons (Fsp3) is 0.545. The van der Waals surface area contributed by atoms with Crippen molar-refractivity contribution in [3.8, 4) is 0 Å². The molecule has 2 aliphatic carbocycles. The van der Waals surface area contributed by atoms with E-state index in [1.165, 1.54) is 32.1 Å². The van der Waals surface area contributed by atoms with E-state index in [9.17, 15) is 0 Å². The molecule has 1 radical (unpaired) electrons. The maximum atomic E-state index is 2.32. The quantitative estimate of drug-likeness (QED) is 0.658. The largest absolute Gasteiger partial charge is 0.0770 e. The first-order chi connectivity index (χ1) is 5.47. The van der Waals surface area contributed by atoms with Crippen molar-refractivity contribution in [3.63, 3.8) is 0 Å². The van der Waals surface area contributed by atoms with Crippen molar-refractivity contribution < 1.29 is 26.2 Å². The van der Waals surface area contributed by atoms with E-state index in [2.05, 4.69) is 24.3 Å². The van der Waals surface area contributed by atoms with E-state index in [4.69, 9.17) is 0 Å². The van der Waals surface area contributed by atoms with Crippen LogP contribution in [0.3, 0.4) is 0 Å². The third-order valence-corrected chi connectivity index (χ3v) is 2.72. The van der Waals surface area contributed by atoms with Gasteiger partial charge in [-0.05, 0) is 18.8 Å². The maximum absolute atomic E-state index is 2.32. The monoisotopic (exact) mass is 237 g/mol. The van der Waals surface area contributed by atoms with E-state index < -0.39 is 0 Å². The van der Waals surface area contributed by atoms with Crippen LogP contribution in [0, 0.1) is 11.8 Å². The standard InChI is InChI=1S/C11H15.Zr/c1-2-6-10(7-3-1)11-8-4-5-9-11;/h4-5,8-9,11H,1-3,6-7H2;. The summed E-state index contributed by atoms with van der Waals surface area (Å²) in [6.45, 7) is 0. The molecule has 2 aliphatic rings. The Morgan fingerprint density at radius 2 is 1.50 bits per heavy atom. The Labute approximate surface area is 94.2 Å². The zero-order chi connectivity index (χ0) is 7.52. The second-order valence-electron chi connectivity index (χ2n) is 3.51. The van der Waals surface area contributed by atoms with Gasteiger partial charge in [-0.15, -0.1) is 0 Å². The summed E-state index contributed by atoms with van der Waals surface area (Å²) < 4.78 is 0. The fourth-order valence-corrected chi connectivity index (χ4v) is 2.04. The Bertz CT molecular complexity index is 163. The molecule has 1 fully saturated rings. The summed E-state index contributed by atoms with van der Waals surface area (Å²) in [6.07, 6.45) is 16.0. The Hall–Kier alpha value is 0.363. The van der Waals surface area contributed by atoms with Gasteiger partial charge in [0.1, 0.15) is 0 Å². The van der Waals surface area contributed by atoms with Gasteiger partial charge in [0.15, 0.2) is 0 Å². The molecule has 63 valence electrons. The van der Waals surface area contributed by atoms with Crippen LogP contribution in [-0.4, -0.2) is 0 Å². The van der Waals surface area contributed by atoms with Gasteiger partial charge in [0.25, 0.3) is 0 Å². The molecule has 12 heavy (non-hydrogen) atoms. The van der Waals surface area contributed by atoms with Crippen molar-refractivity contribution in [3.05, 3.63) is 30.2 Å². The molecule has 0 N–H and O–H groups in total. The van der Waals surface area contributed by atoms with Crippen LogP contribution in [0.1, 0.15) is 32.1 Å². The van der Waals surface area contributed by atoms with Crippen molar-refractivity contribution in [2.45, 2.75) is 32.1 Å². The van der Waals surface area contributed by atoms with Crippen molar-refractivity contribution in [2.24, 2.45) is 5.92 Å². The molecule has 0 aromatic carbocycles. The third kappa shape index (κ3) is 2.42. The molecule has 0 heterocycles. The molecule has 0 aromatic heterocycles. The summed E-state index contributed by atoms with van der Waals surface area (Å²) in [6, 6.07) is 0. The normalized spacial score (nSPS) is 24.3. The van der Waals surface area contributed by atoms with Crippen molar-refractivity contribution in [1.82, 2.24) is 0 Å². The molecule has 0 nitrogen and oxygen atoms in total. The second-order valence-corrected chi connectivity index (χ2v) is 3.51. The maximum Gasteiger partial charge on any atom is 0.00149 e.